The molecule has 4 heteroatoms. The maximum atomic E-state index is 6.21. The van der Waals surface area contributed by atoms with E-state index < -0.39 is 0 Å². The van der Waals surface area contributed by atoms with Crippen molar-refractivity contribution in [1.29, 1.82) is 0 Å². The summed E-state index contributed by atoms with van der Waals surface area (Å²) < 4.78 is 1.88. The third-order valence-corrected chi connectivity index (χ3v) is 3.06. The predicted octanol–water partition coefficient (Wildman–Crippen LogP) is 3.16. The van der Waals surface area contributed by atoms with Crippen LogP contribution in [0.3, 0.4) is 0 Å². The van der Waals surface area contributed by atoms with Gasteiger partial charge in [0.15, 0.2) is 0 Å². The fourth-order valence-corrected chi connectivity index (χ4v) is 2.25. The van der Waals surface area contributed by atoms with E-state index in [0.29, 0.717) is 5.02 Å². The van der Waals surface area contributed by atoms with E-state index in [1.807, 2.05) is 49.7 Å². The van der Waals surface area contributed by atoms with Crippen LogP contribution in [0.4, 0.5) is 0 Å². The lowest BCUT2D eigenvalue weighted by Crippen LogP contribution is -2.06. The number of aryl methyl sites for hydroxylation is 2. The van der Waals surface area contributed by atoms with E-state index in [4.69, 9.17) is 17.3 Å². The minimum absolute atomic E-state index is 0.0583. The SMILES string of the molecule is Cc1cc(C)n(-c2ccc(C(C)N)c(Cl)c2)n1. The maximum absolute atomic E-state index is 6.21. The Morgan fingerprint density at radius 2 is 2.00 bits per heavy atom. The molecule has 90 valence electrons. The van der Waals surface area contributed by atoms with Crippen molar-refractivity contribution < 1.29 is 0 Å². The van der Waals surface area contributed by atoms with E-state index in [2.05, 4.69) is 5.10 Å². The molecule has 0 aliphatic heterocycles. The fraction of sp³-hybridized carbons (Fsp3) is 0.308. The maximum Gasteiger partial charge on any atom is 0.0663 e. The summed E-state index contributed by atoms with van der Waals surface area (Å²) >= 11 is 6.21. The Morgan fingerprint density at radius 1 is 1.29 bits per heavy atom. The van der Waals surface area contributed by atoms with Crippen LogP contribution in [0.25, 0.3) is 5.69 Å². The summed E-state index contributed by atoms with van der Waals surface area (Å²) in [6.07, 6.45) is 0. The van der Waals surface area contributed by atoms with Gasteiger partial charge in [0, 0.05) is 16.8 Å². The molecule has 17 heavy (non-hydrogen) atoms. The molecule has 0 saturated heterocycles. The Labute approximate surface area is 106 Å². The van der Waals surface area contributed by atoms with Crippen molar-refractivity contribution in [2.24, 2.45) is 5.73 Å². The van der Waals surface area contributed by atoms with Gasteiger partial charge >= 0.3 is 0 Å². The van der Waals surface area contributed by atoms with Crippen LogP contribution >= 0.6 is 11.6 Å². The summed E-state index contributed by atoms with van der Waals surface area (Å²) in [6.45, 7) is 5.92. The number of nitrogens with two attached hydrogens (primary N) is 1. The van der Waals surface area contributed by atoms with Gasteiger partial charge in [-0.15, -0.1) is 0 Å². The molecule has 2 aromatic rings. The molecule has 2 rings (SSSR count). The average molecular weight is 250 g/mol. The summed E-state index contributed by atoms with van der Waals surface area (Å²) in [4.78, 5) is 0. The summed E-state index contributed by atoms with van der Waals surface area (Å²) in [5, 5.41) is 5.11. The zero-order chi connectivity index (χ0) is 12.6. The largest absolute Gasteiger partial charge is 0.324 e. The van der Waals surface area contributed by atoms with Gasteiger partial charge in [-0.2, -0.15) is 5.10 Å². The number of halogens is 1. The lowest BCUT2D eigenvalue weighted by atomic mass is 10.1. The van der Waals surface area contributed by atoms with E-state index in [1.54, 1.807) is 0 Å². The second-order valence-electron chi connectivity index (χ2n) is 4.33. The van der Waals surface area contributed by atoms with E-state index in [-0.39, 0.29) is 6.04 Å². The number of nitrogens with zero attached hydrogens (tertiary/aromatic N) is 2. The Balaban J connectivity index is 2.48. The van der Waals surface area contributed by atoms with Crippen LogP contribution in [0, 0.1) is 13.8 Å². The van der Waals surface area contributed by atoms with Gasteiger partial charge in [-0.1, -0.05) is 17.7 Å². The van der Waals surface area contributed by atoms with Crippen LogP contribution in [0.15, 0.2) is 24.3 Å². The zero-order valence-corrected chi connectivity index (χ0v) is 11.0. The zero-order valence-electron chi connectivity index (χ0n) is 10.2. The molecular formula is C13H16ClN3. The molecule has 1 aromatic heterocycles. The molecule has 2 N–H and O–H groups in total. The van der Waals surface area contributed by atoms with Gasteiger partial charge in [-0.25, -0.2) is 4.68 Å². The highest BCUT2D eigenvalue weighted by Crippen LogP contribution is 2.24. The molecule has 1 unspecified atom stereocenters. The third kappa shape index (κ3) is 2.35. The summed E-state index contributed by atoms with van der Waals surface area (Å²) in [7, 11) is 0. The quantitative estimate of drug-likeness (QED) is 0.889. The smallest absolute Gasteiger partial charge is 0.0663 e. The average Bonchev–Trinajstić information content (AvgIpc) is 2.57. The van der Waals surface area contributed by atoms with Crippen LogP contribution in [-0.4, -0.2) is 9.78 Å². The summed E-state index contributed by atoms with van der Waals surface area (Å²) in [5.74, 6) is 0. The molecule has 1 aromatic carbocycles. The molecule has 0 aliphatic carbocycles. The second-order valence-corrected chi connectivity index (χ2v) is 4.74. The normalized spacial score (nSPS) is 12.8. The highest BCUT2D eigenvalue weighted by Gasteiger charge is 2.09. The van der Waals surface area contributed by atoms with Crippen molar-refractivity contribution in [3.63, 3.8) is 0 Å². The molecule has 0 fully saturated rings. The van der Waals surface area contributed by atoms with Gasteiger partial charge in [0.05, 0.1) is 11.4 Å². The molecule has 0 radical (unpaired) electrons. The molecule has 0 aliphatic rings. The third-order valence-electron chi connectivity index (χ3n) is 2.73. The Morgan fingerprint density at radius 3 is 2.47 bits per heavy atom. The van der Waals surface area contributed by atoms with Crippen LogP contribution < -0.4 is 5.73 Å². The molecule has 0 bridgehead atoms. The van der Waals surface area contributed by atoms with Crippen LogP contribution in [0.1, 0.15) is 29.9 Å². The Hall–Kier alpha value is -1.32. The second kappa shape index (κ2) is 4.51. The van der Waals surface area contributed by atoms with Crippen molar-refractivity contribution in [2.45, 2.75) is 26.8 Å². The standard InChI is InChI=1S/C13H16ClN3/c1-8-6-9(2)17(16-8)11-4-5-12(10(3)15)13(14)7-11/h4-7,10H,15H2,1-3H3. The monoisotopic (exact) mass is 249 g/mol. The van der Waals surface area contributed by atoms with Crippen molar-refractivity contribution in [2.75, 3.05) is 0 Å². The first kappa shape index (κ1) is 12.1. The van der Waals surface area contributed by atoms with Crippen LogP contribution in [0.2, 0.25) is 5.02 Å². The van der Waals surface area contributed by atoms with Gasteiger partial charge in [-0.05, 0) is 44.5 Å². The minimum atomic E-state index is -0.0583. The van der Waals surface area contributed by atoms with Gasteiger partial charge in [0.25, 0.3) is 0 Å². The number of hydrogen-bond donors (Lipinski definition) is 1. The number of rotatable bonds is 2. The van der Waals surface area contributed by atoms with Crippen molar-refractivity contribution in [3.8, 4) is 5.69 Å². The lowest BCUT2D eigenvalue weighted by Gasteiger charge is -2.11. The van der Waals surface area contributed by atoms with Gasteiger partial charge in [0.1, 0.15) is 0 Å². The molecule has 0 saturated carbocycles. The molecule has 0 spiro atoms. The highest BCUT2D eigenvalue weighted by molar-refractivity contribution is 6.31. The van der Waals surface area contributed by atoms with Crippen molar-refractivity contribution in [1.82, 2.24) is 9.78 Å². The first-order chi connectivity index (χ1) is 7.99. The van der Waals surface area contributed by atoms with E-state index in [1.165, 1.54) is 0 Å². The fourth-order valence-electron chi connectivity index (χ4n) is 1.91. The van der Waals surface area contributed by atoms with Crippen molar-refractivity contribution >= 4 is 11.6 Å². The van der Waals surface area contributed by atoms with Crippen molar-refractivity contribution in [3.05, 3.63) is 46.2 Å². The van der Waals surface area contributed by atoms with E-state index >= 15 is 0 Å². The Bertz CT molecular complexity index is 544. The molecular weight excluding hydrogens is 234 g/mol. The molecule has 0 amide bonds. The molecule has 3 nitrogen and oxygen atoms in total. The molecule has 1 heterocycles. The van der Waals surface area contributed by atoms with E-state index in [9.17, 15) is 0 Å². The van der Waals surface area contributed by atoms with Gasteiger partial charge in [-0.3, -0.25) is 0 Å². The summed E-state index contributed by atoms with van der Waals surface area (Å²) in [6, 6.07) is 7.83. The molecule has 1 atom stereocenters. The lowest BCUT2D eigenvalue weighted by molar-refractivity contribution is 0.808. The predicted molar refractivity (Wildman–Crippen MR) is 70.7 cm³/mol. The van der Waals surface area contributed by atoms with Gasteiger partial charge < -0.3 is 5.73 Å². The highest BCUT2D eigenvalue weighted by atomic mass is 35.5. The number of benzene rings is 1. The first-order valence-electron chi connectivity index (χ1n) is 5.57. The van der Waals surface area contributed by atoms with Crippen LogP contribution in [-0.2, 0) is 0 Å². The minimum Gasteiger partial charge on any atom is -0.324 e. The van der Waals surface area contributed by atoms with Crippen LogP contribution in [0.5, 0.6) is 0 Å². The summed E-state index contributed by atoms with van der Waals surface area (Å²) in [5.41, 5.74) is 9.83. The first-order valence-corrected chi connectivity index (χ1v) is 5.95. The number of aromatic nitrogens is 2. The Kier molecular flexibility index (Phi) is 3.22. The number of hydrogen-bond acceptors (Lipinski definition) is 2. The van der Waals surface area contributed by atoms with Gasteiger partial charge in [0.2, 0.25) is 0 Å². The van der Waals surface area contributed by atoms with E-state index in [0.717, 1.165) is 22.6 Å². The topological polar surface area (TPSA) is 43.8 Å².